The molecule has 2 aliphatic heterocycles. The molecule has 2 aromatic rings. The van der Waals surface area contributed by atoms with E-state index in [0.29, 0.717) is 23.4 Å². The molecule has 0 bridgehead atoms. The minimum absolute atomic E-state index is 0.0158. The molecule has 0 unspecified atom stereocenters. The maximum atomic E-state index is 14.7. The molecule has 4 rings (SSSR count). The number of ether oxygens (including phenoxy) is 1. The molecule has 3 heterocycles. The van der Waals surface area contributed by atoms with Crippen LogP contribution < -0.4 is 4.90 Å². The summed E-state index contributed by atoms with van der Waals surface area (Å²) in [6.07, 6.45) is 2.63. The largest absolute Gasteiger partial charge is 0.442 e. The van der Waals surface area contributed by atoms with Gasteiger partial charge in [0.15, 0.2) is 9.84 Å². The van der Waals surface area contributed by atoms with Crippen molar-refractivity contribution in [3.05, 3.63) is 47.5 Å². The van der Waals surface area contributed by atoms with E-state index in [-0.39, 0.29) is 24.5 Å². The molecule has 148 valence electrons. The number of aromatic nitrogens is 3. The third-order valence-corrected chi connectivity index (χ3v) is 6.30. The molecule has 1 aromatic carbocycles. The molecular weight excluding hydrogens is 387 g/mol. The van der Waals surface area contributed by atoms with Gasteiger partial charge in [0.25, 0.3) is 0 Å². The number of nitrogens with zero attached hydrogens (tertiary/aromatic N) is 4. The van der Waals surface area contributed by atoms with Crippen LogP contribution in [0.4, 0.5) is 14.9 Å². The van der Waals surface area contributed by atoms with Crippen LogP contribution in [0.2, 0.25) is 0 Å². The van der Waals surface area contributed by atoms with Crippen molar-refractivity contribution in [2.75, 3.05) is 23.0 Å². The average molecular weight is 406 g/mol. The first-order valence-corrected chi connectivity index (χ1v) is 10.7. The number of cyclic esters (lactones) is 1. The van der Waals surface area contributed by atoms with Crippen molar-refractivity contribution in [3.8, 4) is 0 Å². The van der Waals surface area contributed by atoms with Crippen LogP contribution >= 0.6 is 0 Å². The number of sulfone groups is 1. The van der Waals surface area contributed by atoms with Crippen LogP contribution in [-0.4, -0.2) is 53.7 Å². The van der Waals surface area contributed by atoms with E-state index in [9.17, 15) is 17.6 Å². The molecule has 1 saturated heterocycles. The SMILES string of the molecule is Cc1cn(C[C@H]2CN(c3ccc(C4=CCS(=O)(=O)CC4)c(F)c3)C(=O)O2)nn1. The van der Waals surface area contributed by atoms with Crippen LogP contribution in [0.15, 0.2) is 30.5 Å². The summed E-state index contributed by atoms with van der Waals surface area (Å²) in [5, 5.41) is 7.83. The molecule has 1 fully saturated rings. The van der Waals surface area contributed by atoms with Gasteiger partial charge in [-0.25, -0.2) is 22.3 Å². The smallest absolute Gasteiger partial charge is 0.414 e. The summed E-state index contributed by atoms with van der Waals surface area (Å²) in [4.78, 5) is 13.6. The van der Waals surface area contributed by atoms with Crippen LogP contribution in [-0.2, 0) is 21.1 Å². The highest BCUT2D eigenvalue weighted by Gasteiger charge is 2.33. The Labute approximate surface area is 161 Å². The first-order valence-electron chi connectivity index (χ1n) is 8.85. The highest BCUT2D eigenvalue weighted by molar-refractivity contribution is 7.91. The predicted octanol–water partition coefficient (Wildman–Crippen LogP) is 1.95. The van der Waals surface area contributed by atoms with E-state index < -0.39 is 27.9 Å². The van der Waals surface area contributed by atoms with Gasteiger partial charge in [-0.05, 0) is 37.1 Å². The maximum absolute atomic E-state index is 14.7. The van der Waals surface area contributed by atoms with E-state index >= 15 is 0 Å². The van der Waals surface area contributed by atoms with Gasteiger partial charge in [-0.15, -0.1) is 5.10 Å². The van der Waals surface area contributed by atoms with Gasteiger partial charge in [0.2, 0.25) is 0 Å². The zero-order valence-corrected chi connectivity index (χ0v) is 16.0. The first-order chi connectivity index (χ1) is 13.3. The van der Waals surface area contributed by atoms with E-state index in [0.717, 1.165) is 5.69 Å². The number of carbonyl (C=O) groups excluding carboxylic acids is 1. The van der Waals surface area contributed by atoms with Gasteiger partial charge in [0.1, 0.15) is 11.9 Å². The molecule has 2 aliphatic rings. The standard InChI is InChI=1S/C18H19FN4O4S/c1-12-9-22(21-20-12)10-15-11-23(18(24)27-15)14-2-3-16(17(19)8-14)13-4-6-28(25,26)7-5-13/h2-4,8-9,15H,5-7,10-11H2,1H3/t15-/m0/s1. The number of carbonyl (C=O) groups is 1. The average Bonchev–Trinajstić information content (AvgIpc) is 3.21. The zero-order valence-electron chi connectivity index (χ0n) is 15.2. The lowest BCUT2D eigenvalue weighted by molar-refractivity contribution is 0.129. The van der Waals surface area contributed by atoms with Crippen molar-refractivity contribution in [1.29, 1.82) is 0 Å². The summed E-state index contributed by atoms with van der Waals surface area (Å²) in [6, 6.07) is 4.50. The molecule has 0 aliphatic carbocycles. The van der Waals surface area contributed by atoms with E-state index in [1.165, 1.54) is 11.0 Å². The number of hydrogen-bond donors (Lipinski definition) is 0. The van der Waals surface area contributed by atoms with Crippen LogP contribution in [0.5, 0.6) is 0 Å². The van der Waals surface area contributed by atoms with Crippen molar-refractivity contribution >= 4 is 27.2 Å². The topological polar surface area (TPSA) is 94.4 Å². The number of amides is 1. The fourth-order valence-corrected chi connectivity index (χ4v) is 4.53. The summed E-state index contributed by atoms with van der Waals surface area (Å²) in [7, 11) is -3.08. The predicted molar refractivity (Wildman–Crippen MR) is 100 cm³/mol. The number of hydrogen-bond acceptors (Lipinski definition) is 6. The third-order valence-electron chi connectivity index (χ3n) is 4.79. The Morgan fingerprint density at radius 2 is 2.18 bits per heavy atom. The lowest BCUT2D eigenvalue weighted by Crippen LogP contribution is -2.26. The Hall–Kier alpha value is -2.75. The van der Waals surface area contributed by atoms with Crippen LogP contribution in [0.25, 0.3) is 5.57 Å². The molecule has 8 nitrogen and oxygen atoms in total. The van der Waals surface area contributed by atoms with Crippen LogP contribution in [0.3, 0.4) is 0 Å². The highest BCUT2D eigenvalue weighted by atomic mass is 32.2. The van der Waals surface area contributed by atoms with Gasteiger partial charge in [-0.2, -0.15) is 0 Å². The summed E-state index contributed by atoms with van der Waals surface area (Å²) >= 11 is 0. The van der Waals surface area contributed by atoms with Crippen LogP contribution in [0, 0.1) is 12.7 Å². The fourth-order valence-electron chi connectivity index (χ4n) is 3.38. The summed E-state index contributed by atoms with van der Waals surface area (Å²) in [5.41, 5.74) is 2.19. The van der Waals surface area contributed by atoms with Crippen molar-refractivity contribution < 1.29 is 22.3 Å². The fraction of sp³-hybridized carbons (Fsp3) is 0.389. The number of allylic oxidation sites excluding steroid dienone is 1. The molecule has 10 heteroatoms. The first kappa shape index (κ1) is 18.6. The monoisotopic (exact) mass is 406 g/mol. The molecule has 0 N–H and O–H groups in total. The summed E-state index contributed by atoms with van der Waals surface area (Å²) < 4.78 is 44.7. The van der Waals surface area contributed by atoms with E-state index in [1.54, 1.807) is 29.1 Å². The molecule has 1 aromatic heterocycles. The lowest BCUT2D eigenvalue weighted by atomic mass is 10.0. The Bertz CT molecular complexity index is 1060. The van der Waals surface area contributed by atoms with Crippen molar-refractivity contribution in [3.63, 3.8) is 0 Å². The quantitative estimate of drug-likeness (QED) is 0.770. The molecule has 1 amide bonds. The Balaban J connectivity index is 1.49. The third kappa shape index (κ3) is 3.77. The molecule has 0 saturated carbocycles. The summed E-state index contributed by atoms with van der Waals surface area (Å²) in [6.45, 7) is 2.46. The minimum Gasteiger partial charge on any atom is -0.442 e. The van der Waals surface area contributed by atoms with Crippen molar-refractivity contribution in [2.24, 2.45) is 0 Å². The van der Waals surface area contributed by atoms with E-state index in [2.05, 4.69) is 10.3 Å². The summed E-state index contributed by atoms with van der Waals surface area (Å²) in [5.74, 6) is -0.556. The number of benzene rings is 1. The Morgan fingerprint density at radius 3 is 2.82 bits per heavy atom. The second kappa shape index (κ2) is 7.01. The Morgan fingerprint density at radius 1 is 1.36 bits per heavy atom. The molecule has 1 atom stereocenters. The van der Waals surface area contributed by atoms with Gasteiger partial charge >= 0.3 is 6.09 Å². The van der Waals surface area contributed by atoms with Crippen molar-refractivity contribution in [1.82, 2.24) is 15.0 Å². The van der Waals surface area contributed by atoms with E-state index in [4.69, 9.17) is 4.74 Å². The molecule has 28 heavy (non-hydrogen) atoms. The molecular formula is C18H19FN4O4S. The van der Waals surface area contributed by atoms with Crippen molar-refractivity contribution in [2.45, 2.75) is 26.0 Å². The van der Waals surface area contributed by atoms with Gasteiger partial charge in [0.05, 0.1) is 36.0 Å². The minimum atomic E-state index is -3.08. The van der Waals surface area contributed by atoms with E-state index in [1.807, 2.05) is 6.92 Å². The number of halogens is 1. The number of rotatable bonds is 4. The molecule has 0 spiro atoms. The zero-order chi connectivity index (χ0) is 19.9. The Kier molecular flexibility index (Phi) is 4.66. The van der Waals surface area contributed by atoms with Gasteiger partial charge in [0, 0.05) is 11.8 Å². The second-order valence-electron chi connectivity index (χ2n) is 6.96. The highest BCUT2D eigenvalue weighted by Crippen LogP contribution is 2.30. The maximum Gasteiger partial charge on any atom is 0.414 e. The van der Waals surface area contributed by atoms with Gasteiger partial charge < -0.3 is 4.74 Å². The normalized spacial score (nSPS) is 21.5. The van der Waals surface area contributed by atoms with Gasteiger partial charge in [-0.1, -0.05) is 11.3 Å². The number of anilines is 1. The van der Waals surface area contributed by atoms with Crippen LogP contribution in [0.1, 0.15) is 17.7 Å². The lowest BCUT2D eigenvalue weighted by Gasteiger charge is -2.17. The number of aryl methyl sites for hydroxylation is 1. The van der Waals surface area contributed by atoms with Gasteiger partial charge in [-0.3, -0.25) is 4.90 Å². The molecule has 0 radical (unpaired) electrons. The second-order valence-corrected chi connectivity index (χ2v) is 9.18.